The van der Waals surface area contributed by atoms with Crippen molar-refractivity contribution in [1.82, 2.24) is 0 Å². The Kier molecular flexibility index (Phi) is 7.91. The van der Waals surface area contributed by atoms with Gasteiger partial charge in [0.1, 0.15) is 0 Å². The maximum atomic E-state index is 4.40. The minimum Gasteiger partial charge on any atom is -0.288 e. The average molecular weight is 293 g/mol. The molecule has 116 valence electrons. The molecule has 0 unspecified atom stereocenters. The molecule has 0 aliphatic carbocycles. The van der Waals surface area contributed by atoms with Crippen molar-refractivity contribution in [2.45, 2.75) is 34.1 Å². The Morgan fingerprint density at radius 3 is 2.09 bits per heavy atom. The average Bonchev–Trinajstić information content (AvgIpc) is 2.56. The van der Waals surface area contributed by atoms with Gasteiger partial charge in [0.2, 0.25) is 0 Å². The zero-order valence-electron chi connectivity index (χ0n) is 14.4. The quantitative estimate of drug-likeness (QED) is 0.656. The second-order valence-corrected chi connectivity index (χ2v) is 4.96. The molecule has 0 aromatic heterocycles. The summed E-state index contributed by atoms with van der Waals surface area (Å²) < 4.78 is 0. The van der Waals surface area contributed by atoms with Crippen LogP contribution in [0.3, 0.4) is 0 Å². The molecule has 0 fully saturated rings. The maximum Gasteiger partial charge on any atom is 0.0642 e. The molecule has 2 rings (SSSR count). The molecule has 0 aliphatic heterocycles. The van der Waals surface area contributed by atoms with Gasteiger partial charge in [0.05, 0.1) is 5.71 Å². The number of allylic oxidation sites excluding steroid dienone is 2. The minimum absolute atomic E-state index is 0.942. The Morgan fingerprint density at radius 1 is 0.909 bits per heavy atom. The van der Waals surface area contributed by atoms with Crippen molar-refractivity contribution in [2.75, 3.05) is 7.05 Å². The van der Waals surface area contributed by atoms with Gasteiger partial charge in [-0.3, -0.25) is 4.99 Å². The first kappa shape index (κ1) is 17.9. The highest BCUT2D eigenvalue weighted by Crippen LogP contribution is 2.11. The van der Waals surface area contributed by atoms with Crippen molar-refractivity contribution in [3.05, 3.63) is 82.9 Å². The number of aryl methyl sites for hydroxylation is 2. The van der Waals surface area contributed by atoms with Crippen LogP contribution < -0.4 is 0 Å². The predicted octanol–water partition coefficient (Wildman–Crippen LogP) is 5.55. The molecule has 1 heteroatoms. The van der Waals surface area contributed by atoms with E-state index in [0.29, 0.717) is 0 Å². The van der Waals surface area contributed by atoms with E-state index in [2.05, 4.69) is 79.5 Å². The molecule has 22 heavy (non-hydrogen) atoms. The number of hydrogen-bond donors (Lipinski definition) is 0. The molecule has 0 atom stereocenters. The number of nitrogens with zero attached hydrogens (tertiary/aromatic N) is 1. The van der Waals surface area contributed by atoms with Gasteiger partial charge in [0.15, 0.2) is 0 Å². The number of aliphatic imine (C=N–C) groups is 1. The minimum atomic E-state index is 0.942. The van der Waals surface area contributed by atoms with E-state index in [-0.39, 0.29) is 0 Å². The second kappa shape index (κ2) is 9.73. The van der Waals surface area contributed by atoms with Gasteiger partial charge in [-0.25, -0.2) is 0 Å². The fraction of sp³-hybridized carbons (Fsp3) is 0.286. The molecule has 2 aromatic rings. The Hall–Kier alpha value is -2.15. The summed E-state index contributed by atoms with van der Waals surface area (Å²) in [7, 11) is 1.85. The van der Waals surface area contributed by atoms with Gasteiger partial charge in [0.25, 0.3) is 0 Å². The van der Waals surface area contributed by atoms with Crippen LogP contribution in [0.1, 0.15) is 36.1 Å². The van der Waals surface area contributed by atoms with Crippen LogP contribution in [0, 0.1) is 13.8 Å². The van der Waals surface area contributed by atoms with Crippen molar-refractivity contribution in [3.63, 3.8) is 0 Å². The second-order valence-electron chi connectivity index (χ2n) is 4.96. The highest BCUT2D eigenvalue weighted by Gasteiger charge is 2.01. The summed E-state index contributed by atoms with van der Waals surface area (Å²) in [6.45, 7) is 8.27. The van der Waals surface area contributed by atoms with Gasteiger partial charge < -0.3 is 0 Å². The molecule has 2 aromatic carbocycles. The normalized spacial score (nSPS) is 11.2. The lowest BCUT2D eigenvalue weighted by molar-refractivity contribution is 1.21. The third kappa shape index (κ3) is 5.00. The summed E-state index contributed by atoms with van der Waals surface area (Å²) in [5, 5.41) is 0. The van der Waals surface area contributed by atoms with Crippen molar-refractivity contribution < 1.29 is 0 Å². The first-order valence-corrected chi connectivity index (χ1v) is 7.96. The molecule has 0 N–H and O–H groups in total. The Labute approximate surface area is 135 Å². The molecule has 0 saturated heterocycles. The third-order valence-corrected chi connectivity index (χ3v) is 3.54. The summed E-state index contributed by atoms with van der Waals surface area (Å²) in [5.41, 5.74) is 6.20. The van der Waals surface area contributed by atoms with Crippen molar-refractivity contribution in [3.8, 4) is 0 Å². The molecule has 0 bridgehead atoms. The van der Waals surface area contributed by atoms with Gasteiger partial charge in [-0.2, -0.15) is 0 Å². The van der Waals surface area contributed by atoms with E-state index in [0.717, 1.165) is 12.1 Å². The first-order chi connectivity index (χ1) is 10.7. The molecule has 1 nitrogen and oxygen atoms in total. The van der Waals surface area contributed by atoms with Crippen LogP contribution in [0.4, 0.5) is 0 Å². The molecule has 0 radical (unpaired) electrons. The standard InChI is InChI=1S/C19H21N.C2H6/c1-15-9-4-6-11-17(15)12-8-14-19(20-3)18-13-7-5-10-16(18)2;1-2/h4-11,13-14H,12H2,1-3H3;1-2H3/b14-8-,20-19?;. The van der Waals surface area contributed by atoms with Crippen LogP contribution in [-0.4, -0.2) is 12.8 Å². The lowest BCUT2D eigenvalue weighted by atomic mass is 10.0. The highest BCUT2D eigenvalue weighted by atomic mass is 14.7. The zero-order valence-corrected chi connectivity index (χ0v) is 14.4. The van der Waals surface area contributed by atoms with E-state index in [9.17, 15) is 0 Å². The van der Waals surface area contributed by atoms with E-state index in [1.165, 1.54) is 22.3 Å². The van der Waals surface area contributed by atoms with Gasteiger partial charge in [-0.1, -0.05) is 68.5 Å². The van der Waals surface area contributed by atoms with E-state index >= 15 is 0 Å². The van der Waals surface area contributed by atoms with Crippen LogP contribution in [-0.2, 0) is 6.42 Å². The Morgan fingerprint density at radius 2 is 1.50 bits per heavy atom. The van der Waals surface area contributed by atoms with Crippen molar-refractivity contribution >= 4 is 5.71 Å². The summed E-state index contributed by atoms with van der Waals surface area (Å²) >= 11 is 0. The van der Waals surface area contributed by atoms with Crippen molar-refractivity contribution in [1.29, 1.82) is 0 Å². The van der Waals surface area contributed by atoms with Crippen LogP contribution in [0.25, 0.3) is 0 Å². The predicted molar refractivity (Wildman–Crippen MR) is 99.0 cm³/mol. The Balaban J connectivity index is 0.00000116. The summed E-state index contributed by atoms with van der Waals surface area (Å²) in [5.74, 6) is 0. The van der Waals surface area contributed by atoms with Gasteiger partial charge in [-0.05, 0) is 43.0 Å². The van der Waals surface area contributed by atoms with Gasteiger partial charge >= 0.3 is 0 Å². The van der Waals surface area contributed by atoms with Crippen LogP contribution >= 0.6 is 0 Å². The topological polar surface area (TPSA) is 12.4 Å². The van der Waals surface area contributed by atoms with E-state index in [1.807, 2.05) is 20.9 Å². The first-order valence-electron chi connectivity index (χ1n) is 7.96. The molecular weight excluding hydrogens is 266 g/mol. The lowest BCUT2D eigenvalue weighted by Gasteiger charge is -2.05. The molecule has 0 saturated carbocycles. The lowest BCUT2D eigenvalue weighted by Crippen LogP contribution is -1.99. The SMILES string of the molecule is CC.CN=C(/C=C\Cc1ccccc1C)c1ccccc1C. The van der Waals surface area contributed by atoms with Gasteiger partial charge in [0, 0.05) is 12.6 Å². The maximum absolute atomic E-state index is 4.40. The fourth-order valence-electron chi connectivity index (χ4n) is 2.28. The third-order valence-electron chi connectivity index (χ3n) is 3.54. The summed E-state index contributed by atoms with van der Waals surface area (Å²) in [6, 6.07) is 16.9. The fourth-order valence-corrected chi connectivity index (χ4v) is 2.28. The molecule has 0 heterocycles. The number of benzene rings is 2. The van der Waals surface area contributed by atoms with Crippen LogP contribution in [0.5, 0.6) is 0 Å². The number of rotatable bonds is 4. The number of hydrogen-bond acceptors (Lipinski definition) is 1. The monoisotopic (exact) mass is 293 g/mol. The molecule has 0 spiro atoms. The molecule has 0 amide bonds. The smallest absolute Gasteiger partial charge is 0.0642 e. The van der Waals surface area contributed by atoms with Gasteiger partial charge in [-0.15, -0.1) is 0 Å². The zero-order chi connectivity index (χ0) is 16.4. The molecule has 0 aliphatic rings. The summed E-state index contributed by atoms with van der Waals surface area (Å²) in [4.78, 5) is 4.40. The van der Waals surface area contributed by atoms with E-state index in [4.69, 9.17) is 0 Å². The van der Waals surface area contributed by atoms with E-state index in [1.54, 1.807) is 0 Å². The van der Waals surface area contributed by atoms with E-state index < -0.39 is 0 Å². The Bertz CT molecular complexity index is 636. The largest absolute Gasteiger partial charge is 0.288 e. The van der Waals surface area contributed by atoms with Crippen molar-refractivity contribution in [2.24, 2.45) is 4.99 Å². The van der Waals surface area contributed by atoms with Crippen LogP contribution in [0.2, 0.25) is 0 Å². The highest BCUT2D eigenvalue weighted by molar-refractivity contribution is 6.09. The molecular formula is C21H27N. The van der Waals surface area contributed by atoms with Crippen LogP contribution in [0.15, 0.2) is 65.7 Å². The summed E-state index contributed by atoms with van der Waals surface area (Å²) in [6.07, 6.45) is 5.25.